The van der Waals surface area contributed by atoms with E-state index in [1.54, 1.807) is 6.07 Å². The predicted octanol–water partition coefficient (Wildman–Crippen LogP) is 1.64. The molecule has 1 saturated heterocycles. The molecule has 2 aromatic rings. The third kappa shape index (κ3) is 4.92. The normalized spacial score (nSPS) is 24.9. The van der Waals surface area contributed by atoms with E-state index in [1.807, 2.05) is 18.2 Å². The van der Waals surface area contributed by atoms with Gasteiger partial charge in [0.25, 0.3) is 0 Å². The molecule has 0 saturated carbocycles. The number of primary amides is 1. The number of carbonyl (C=O) groups excluding carboxylic acids is 3. The van der Waals surface area contributed by atoms with Gasteiger partial charge in [0.2, 0.25) is 5.91 Å². The average Bonchev–Trinajstić information content (AvgIpc) is 2.92. The molecule has 2 aromatic carbocycles. The zero-order chi connectivity index (χ0) is 28.6. The topological polar surface area (TPSA) is 171 Å². The predicted molar refractivity (Wildman–Crippen MR) is 144 cm³/mol. The van der Waals surface area contributed by atoms with Crippen molar-refractivity contribution in [2.24, 2.45) is 17.6 Å². The van der Waals surface area contributed by atoms with Gasteiger partial charge in [-0.15, -0.1) is 0 Å². The van der Waals surface area contributed by atoms with Crippen LogP contribution in [0.4, 0.5) is 0 Å². The lowest BCUT2D eigenvalue weighted by Crippen LogP contribution is -2.54. The molecule has 0 radical (unpaired) electrons. The molecule has 1 fully saturated rings. The van der Waals surface area contributed by atoms with E-state index in [9.17, 15) is 34.8 Å². The van der Waals surface area contributed by atoms with Crippen molar-refractivity contribution in [3.05, 3.63) is 64.4 Å². The van der Waals surface area contributed by atoms with Crippen LogP contribution in [0.5, 0.6) is 5.75 Å². The van der Waals surface area contributed by atoms with Crippen molar-refractivity contribution in [3.63, 3.8) is 0 Å². The lowest BCUT2D eigenvalue weighted by molar-refractivity contribution is -0.147. The summed E-state index contributed by atoms with van der Waals surface area (Å²) in [7, 11) is 0. The number of amides is 1. The summed E-state index contributed by atoms with van der Waals surface area (Å²) in [6.45, 7) is 3.45. The number of ketones is 2. The van der Waals surface area contributed by atoms with Crippen LogP contribution in [-0.4, -0.2) is 81.3 Å². The maximum absolute atomic E-state index is 13.8. The molecule has 0 aromatic heterocycles. The van der Waals surface area contributed by atoms with Gasteiger partial charge in [0.05, 0.1) is 25.2 Å². The Bertz CT molecular complexity index is 1380. The fourth-order valence-electron chi connectivity index (χ4n) is 6.44. The van der Waals surface area contributed by atoms with Gasteiger partial charge in [-0.1, -0.05) is 24.3 Å². The number of allylic oxidation sites excluding steroid dienone is 1. The van der Waals surface area contributed by atoms with Gasteiger partial charge < -0.3 is 30.9 Å². The summed E-state index contributed by atoms with van der Waals surface area (Å²) < 4.78 is 5.44. The molecule has 6 N–H and O–H groups in total. The number of hydrogen-bond donors (Lipinski definition) is 5. The molecule has 2 aliphatic carbocycles. The number of ether oxygens (including phenoxy) is 1. The van der Waals surface area contributed by atoms with Gasteiger partial charge in [-0.3, -0.25) is 19.3 Å². The Labute approximate surface area is 231 Å². The van der Waals surface area contributed by atoms with Crippen LogP contribution in [0, 0.1) is 11.8 Å². The van der Waals surface area contributed by atoms with E-state index in [2.05, 4.69) is 11.0 Å². The van der Waals surface area contributed by atoms with Crippen molar-refractivity contribution in [1.29, 1.82) is 0 Å². The molecule has 40 heavy (non-hydrogen) atoms. The van der Waals surface area contributed by atoms with E-state index >= 15 is 0 Å². The minimum atomic E-state index is -2.54. The average molecular weight is 551 g/mol. The highest BCUT2D eigenvalue weighted by Crippen LogP contribution is 2.50. The zero-order valence-electron chi connectivity index (χ0n) is 22.1. The van der Waals surface area contributed by atoms with Crippen LogP contribution in [0.15, 0.2) is 47.7 Å². The summed E-state index contributed by atoms with van der Waals surface area (Å²) in [4.78, 5) is 40.5. The number of benzene rings is 2. The Morgan fingerprint density at radius 1 is 1.12 bits per heavy atom. The highest BCUT2D eigenvalue weighted by Gasteiger charge is 2.55. The van der Waals surface area contributed by atoms with Crippen molar-refractivity contribution in [1.82, 2.24) is 4.90 Å². The number of morpholine rings is 1. The number of phenolic OH excluding ortho intramolecular Hbond substituents is 1. The van der Waals surface area contributed by atoms with Crippen molar-refractivity contribution in [3.8, 4) is 16.9 Å². The molecule has 212 valence electrons. The van der Waals surface area contributed by atoms with Gasteiger partial charge in [0, 0.05) is 37.7 Å². The van der Waals surface area contributed by atoms with E-state index in [0.717, 1.165) is 36.3 Å². The molecule has 3 atom stereocenters. The standard InChI is InChI=1S/C30H34N2O8/c31-25(36)15-24(35)30(39)20(6-9-33)13-19-14-22-21(4-5-23(34)27(22)28(37)26(19)29(30)38)18-3-1-2-17(12-18)16-32-7-10-40-11-8-32/h1-5,12,19-20,33-34,38-39H,6-11,13-16H2,(H2,31,36)/t19-,20-,30-/m1/s1. The second-order valence-corrected chi connectivity index (χ2v) is 10.8. The number of aliphatic hydroxyl groups excluding tert-OH is 2. The zero-order valence-corrected chi connectivity index (χ0v) is 22.1. The first-order chi connectivity index (χ1) is 19.1. The maximum atomic E-state index is 13.8. The van der Waals surface area contributed by atoms with E-state index in [-0.39, 0.29) is 42.8 Å². The van der Waals surface area contributed by atoms with Gasteiger partial charge >= 0.3 is 0 Å². The van der Waals surface area contributed by atoms with Crippen LogP contribution in [0.2, 0.25) is 0 Å². The van der Waals surface area contributed by atoms with Crippen molar-refractivity contribution >= 4 is 17.5 Å². The number of phenols is 1. The molecule has 0 spiro atoms. The first-order valence-corrected chi connectivity index (χ1v) is 13.5. The maximum Gasteiger partial charge on any atom is 0.225 e. The molecule has 10 heteroatoms. The number of nitrogens with two attached hydrogens (primary N) is 1. The van der Waals surface area contributed by atoms with Crippen molar-refractivity contribution < 1.29 is 39.5 Å². The molecular formula is C30H34N2O8. The lowest BCUT2D eigenvalue weighted by Gasteiger charge is -2.43. The van der Waals surface area contributed by atoms with Crippen LogP contribution >= 0.6 is 0 Å². The number of nitrogens with zero attached hydrogens (tertiary/aromatic N) is 1. The minimum Gasteiger partial charge on any atom is -0.508 e. The quantitative estimate of drug-likeness (QED) is 0.307. The molecule has 5 rings (SSSR count). The Balaban J connectivity index is 1.56. The molecule has 10 nitrogen and oxygen atoms in total. The first kappa shape index (κ1) is 28.0. The van der Waals surface area contributed by atoms with Gasteiger partial charge in [-0.2, -0.15) is 0 Å². The van der Waals surface area contributed by atoms with Crippen LogP contribution in [0.3, 0.4) is 0 Å². The van der Waals surface area contributed by atoms with Crippen molar-refractivity contribution in [2.75, 3.05) is 32.9 Å². The fraction of sp³-hybridized carbons (Fsp3) is 0.433. The van der Waals surface area contributed by atoms with Crippen LogP contribution < -0.4 is 5.73 Å². The third-order valence-corrected chi connectivity index (χ3v) is 8.38. The summed E-state index contributed by atoms with van der Waals surface area (Å²) >= 11 is 0. The summed E-state index contributed by atoms with van der Waals surface area (Å²) in [6.07, 6.45) is -0.494. The summed E-state index contributed by atoms with van der Waals surface area (Å²) in [5.74, 6) is -5.31. The van der Waals surface area contributed by atoms with Crippen LogP contribution in [-0.2, 0) is 27.3 Å². The molecule has 1 heterocycles. The number of fused-ring (bicyclic) bond motifs is 2. The minimum absolute atomic E-state index is 0.0131. The Morgan fingerprint density at radius 3 is 2.58 bits per heavy atom. The van der Waals surface area contributed by atoms with Crippen molar-refractivity contribution in [2.45, 2.75) is 37.8 Å². The Morgan fingerprint density at radius 2 is 1.88 bits per heavy atom. The number of aromatic hydroxyl groups is 1. The van der Waals surface area contributed by atoms with Gasteiger partial charge in [-0.25, -0.2) is 0 Å². The number of hydrogen-bond acceptors (Lipinski definition) is 9. The van der Waals surface area contributed by atoms with Crippen LogP contribution in [0.25, 0.3) is 11.1 Å². The summed E-state index contributed by atoms with van der Waals surface area (Å²) in [6, 6.07) is 11.2. The summed E-state index contributed by atoms with van der Waals surface area (Å²) in [5.41, 5.74) is 5.85. The fourth-order valence-corrected chi connectivity index (χ4v) is 6.44. The monoisotopic (exact) mass is 550 g/mol. The van der Waals surface area contributed by atoms with Crippen LogP contribution in [0.1, 0.15) is 40.7 Å². The van der Waals surface area contributed by atoms with Gasteiger partial charge in [0.15, 0.2) is 17.2 Å². The molecule has 3 aliphatic rings. The smallest absolute Gasteiger partial charge is 0.225 e. The lowest BCUT2D eigenvalue weighted by atomic mass is 9.62. The van der Waals surface area contributed by atoms with E-state index in [4.69, 9.17) is 10.5 Å². The van der Waals surface area contributed by atoms with E-state index in [1.165, 1.54) is 6.07 Å². The van der Waals surface area contributed by atoms with Gasteiger partial charge in [-0.05, 0) is 59.6 Å². The SMILES string of the molecule is NC(=O)CC(=O)[C@@]1(O)C(O)=C2C(=O)c3c(O)ccc(-c4cccc(CN5CCOCC5)c4)c3C[C@H]2C[C@H]1CCO. The molecule has 1 amide bonds. The van der Waals surface area contributed by atoms with E-state index in [0.29, 0.717) is 18.8 Å². The number of aliphatic hydroxyl groups is 3. The molecule has 1 aliphatic heterocycles. The van der Waals surface area contributed by atoms with Gasteiger partial charge in [0.1, 0.15) is 11.5 Å². The molecule has 0 unspecified atom stereocenters. The third-order valence-electron chi connectivity index (χ3n) is 8.38. The largest absolute Gasteiger partial charge is 0.508 e. The highest BCUT2D eigenvalue weighted by atomic mass is 16.5. The Hall–Kier alpha value is -3.57. The number of carbonyl (C=O) groups is 3. The highest BCUT2D eigenvalue weighted by molar-refractivity contribution is 6.15. The number of rotatable bonds is 8. The molecular weight excluding hydrogens is 516 g/mol. The second kappa shape index (κ2) is 11.1. The Kier molecular flexibility index (Phi) is 7.78. The number of Topliss-reactive ketones (excluding diaryl/α,β-unsaturated/α-hetero) is 2. The first-order valence-electron chi connectivity index (χ1n) is 13.5. The summed E-state index contributed by atoms with van der Waals surface area (Å²) in [5, 5.41) is 43.1. The second-order valence-electron chi connectivity index (χ2n) is 10.8. The van der Waals surface area contributed by atoms with E-state index < -0.39 is 47.1 Å². The molecule has 0 bridgehead atoms.